The molecule has 6 nitrogen and oxygen atoms in total. The lowest BCUT2D eigenvalue weighted by Gasteiger charge is -2.19. The number of nitro groups is 1. The molecule has 0 saturated heterocycles. The average Bonchev–Trinajstić information content (AvgIpc) is 2.52. The van der Waals surface area contributed by atoms with Crippen molar-refractivity contribution < 1.29 is 14.5 Å². The van der Waals surface area contributed by atoms with Gasteiger partial charge in [0.1, 0.15) is 5.75 Å². The largest absolute Gasteiger partial charge is 0.480 e. The molecule has 2 aromatic rings. The maximum Gasteiger partial charge on any atom is 0.271 e. The smallest absolute Gasteiger partial charge is 0.271 e. The summed E-state index contributed by atoms with van der Waals surface area (Å²) in [5.41, 5.74) is 2.89. The van der Waals surface area contributed by atoms with E-state index in [1.54, 1.807) is 19.9 Å². The number of nitro benzene ring substituents is 1. The standard InChI is InChI=1S/C18H19BrN2O4/c1-10-5-6-15(21(23)24)9-16(10)20-18(22)13(4)25-17-11(2)7-14(19)8-12(17)3/h5-9,13H,1-4H3,(H,20,22). The van der Waals surface area contributed by atoms with Gasteiger partial charge in [0.2, 0.25) is 0 Å². The fourth-order valence-corrected chi connectivity index (χ4v) is 3.09. The summed E-state index contributed by atoms with van der Waals surface area (Å²) in [4.78, 5) is 22.8. The van der Waals surface area contributed by atoms with Gasteiger partial charge in [0.05, 0.1) is 10.6 Å². The van der Waals surface area contributed by atoms with Gasteiger partial charge in [-0.3, -0.25) is 14.9 Å². The van der Waals surface area contributed by atoms with Crippen LogP contribution in [0.2, 0.25) is 0 Å². The van der Waals surface area contributed by atoms with Gasteiger partial charge in [0, 0.05) is 16.6 Å². The van der Waals surface area contributed by atoms with Gasteiger partial charge in [-0.25, -0.2) is 0 Å². The van der Waals surface area contributed by atoms with Crippen LogP contribution in [0.4, 0.5) is 11.4 Å². The number of hydrogen-bond acceptors (Lipinski definition) is 4. The van der Waals surface area contributed by atoms with E-state index in [4.69, 9.17) is 4.74 Å². The average molecular weight is 407 g/mol. The zero-order valence-corrected chi connectivity index (χ0v) is 16.0. The molecule has 1 atom stereocenters. The van der Waals surface area contributed by atoms with Crippen molar-refractivity contribution in [2.45, 2.75) is 33.8 Å². The minimum Gasteiger partial charge on any atom is -0.480 e. The van der Waals surface area contributed by atoms with Crippen LogP contribution in [0.25, 0.3) is 0 Å². The summed E-state index contributed by atoms with van der Waals surface area (Å²) >= 11 is 3.42. The zero-order chi connectivity index (χ0) is 18.7. The fourth-order valence-electron chi connectivity index (χ4n) is 2.41. The number of ether oxygens (including phenoxy) is 1. The highest BCUT2D eigenvalue weighted by Crippen LogP contribution is 2.28. The van der Waals surface area contributed by atoms with Gasteiger partial charge in [-0.1, -0.05) is 22.0 Å². The van der Waals surface area contributed by atoms with Crippen LogP contribution in [-0.4, -0.2) is 16.9 Å². The highest BCUT2D eigenvalue weighted by molar-refractivity contribution is 9.10. The van der Waals surface area contributed by atoms with Gasteiger partial charge in [0.25, 0.3) is 11.6 Å². The number of nitrogens with one attached hydrogen (secondary N) is 1. The molecule has 0 saturated carbocycles. The van der Waals surface area contributed by atoms with Crippen LogP contribution in [0.5, 0.6) is 5.75 Å². The summed E-state index contributed by atoms with van der Waals surface area (Å²) < 4.78 is 6.76. The molecule has 0 spiro atoms. The molecule has 2 aromatic carbocycles. The topological polar surface area (TPSA) is 81.5 Å². The molecule has 0 fully saturated rings. The Balaban J connectivity index is 2.16. The first-order valence-electron chi connectivity index (χ1n) is 7.68. The van der Waals surface area contributed by atoms with Gasteiger partial charge < -0.3 is 10.1 Å². The normalized spacial score (nSPS) is 11.7. The molecule has 0 aliphatic rings. The van der Waals surface area contributed by atoms with E-state index in [9.17, 15) is 14.9 Å². The van der Waals surface area contributed by atoms with Gasteiger partial charge in [-0.2, -0.15) is 0 Å². The van der Waals surface area contributed by atoms with Crippen molar-refractivity contribution in [3.63, 3.8) is 0 Å². The van der Waals surface area contributed by atoms with Crippen molar-refractivity contribution in [1.82, 2.24) is 0 Å². The molecular weight excluding hydrogens is 388 g/mol. The maximum atomic E-state index is 12.4. The maximum absolute atomic E-state index is 12.4. The van der Waals surface area contributed by atoms with E-state index in [-0.39, 0.29) is 11.6 Å². The van der Waals surface area contributed by atoms with Crippen LogP contribution >= 0.6 is 15.9 Å². The van der Waals surface area contributed by atoms with Crippen molar-refractivity contribution in [2.24, 2.45) is 0 Å². The summed E-state index contributed by atoms with van der Waals surface area (Å²) in [6.45, 7) is 7.22. The Labute approximate surface area is 154 Å². The first-order valence-corrected chi connectivity index (χ1v) is 8.47. The molecule has 0 bridgehead atoms. The molecule has 1 amide bonds. The van der Waals surface area contributed by atoms with Crippen LogP contribution in [0.3, 0.4) is 0 Å². The molecular formula is C18H19BrN2O4. The highest BCUT2D eigenvalue weighted by Gasteiger charge is 2.19. The van der Waals surface area contributed by atoms with E-state index >= 15 is 0 Å². The van der Waals surface area contributed by atoms with Crippen molar-refractivity contribution in [1.29, 1.82) is 0 Å². The van der Waals surface area contributed by atoms with E-state index in [0.29, 0.717) is 11.4 Å². The summed E-state index contributed by atoms with van der Waals surface area (Å²) in [6, 6.07) is 8.17. The molecule has 0 aromatic heterocycles. The number of nitrogens with zero attached hydrogens (tertiary/aromatic N) is 1. The molecule has 0 heterocycles. The second-order valence-electron chi connectivity index (χ2n) is 5.87. The van der Waals surface area contributed by atoms with Crippen molar-refractivity contribution in [2.75, 3.05) is 5.32 Å². The third-order valence-corrected chi connectivity index (χ3v) is 4.24. The van der Waals surface area contributed by atoms with E-state index in [1.165, 1.54) is 12.1 Å². The number of halogens is 1. The SMILES string of the molecule is Cc1ccc([N+](=O)[O-])cc1NC(=O)C(C)Oc1c(C)cc(Br)cc1C. The molecule has 25 heavy (non-hydrogen) atoms. The Morgan fingerprint density at radius 1 is 1.16 bits per heavy atom. The fraction of sp³-hybridized carbons (Fsp3) is 0.278. The van der Waals surface area contributed by atoms with Gasteiger partial charge in [0.15, 0.2) is 6.10 Å². The number of hydrogen-bond donors (Lipinski definition) is 1. The van der Waals surface area contributed by atoms with Crippen LogP contribution < -0.4 is 10.1 Å². The lowest BCUT2D eigenvalue weighted by molar-refractivity contribution is -0.384. The van der Waals surface area contributed by atoms with Crippen LogP contribution in [-0.2, 0) is 4.79 Å². The second kappa shape index (κ2) is 7.65. The lowest BCUT2D eigenvalue weighted by atomic mass is 10.1. The highest BCUT2D eigenvalue weighted by atomic mass is 79.9. The number of aryl methyl sites for hydroxylation is 3. The molecule has 0 radical (unpaired) electrons. The van der Waals surface area contributed by atoms with E-state index < -0.39 is 11.0 Å². The summed E-state index contributed by atoms with van der Waals surface area (Å²) in [7, 11) is 0. The van der Waals surface area contributed by atoms with Gasteiger partial charge >= 0.3 is 0 Å². The molecule has 2 rings (SSSR count). The molecule has 7 heteroatoms. The Kier molecular flexibility index (Phi) is 5.79. The Morgan fingerprint density at radius 3 is 2.32 bits per heavy atom. The minimum absolute atomic E-state index is 0.0749. The third kappa shape index (κ3) is 4.57. The Bertz CT molecular complexity index is 813. The number of rotatable bonds is 5. The third-order valence-electron chi connectivity index (χ3n) is 3.78. The minimum atomic E-state index is -0.753. The number of carbonyl (C=O) groups excluding carboxylic acids is 1. The zero-order valence-electron chi connectivity index (χ0n) is 14.4. The summed E-state index contributed by atoms with van der Waals surface area (Å²) in [5.74, 6) is 0.284. The molecule has 0 aliphatic heterocycles. The van der Waals surface area contributed by atoms with Crippen LogP contribution in [0, 0.1) is 30.9 Å². The number of anilines is 1. The summed E-state index contributed by atoms with van der Waals surface area (Å²) in [5, 5.41) is 13.6. The quantitative estimate of drug-likeness (QED) is 0.576. The number of amides is 1. The molecule has 1 unspecified atom stereocenters. The monoisotopic (exact) mass is 406 g/mol. The predicted molar refractivity (Wildman–Crippen MR) is 100 cm³/mol. The van der Waals surface area contributed by atoms with E-state index in [2.05, 4.69) is 21.2 Å². The molecule has 132 valence electrons. The van der Waals surface area contributed by atoms with Crippen molar-refractivity contribution in [3.05, 3.63) is 61.6 Å². The van der Waals surface area contributed by atoms with Crippen molar-refractivity contribution >= 4 is 33.2 Å². The van der Waals surface area contributed by atoms with E-state index in [0.717, 1.165) is 21.2 Å². The Hall–Kier alpha value is -2.41. The van der Waals surface area contributed by atoms with Crippen LogP contribution in [0.1, 0.15) is 23.6 Å². The number of non-ortho nitro benzene ring substituents is 1. The number of benzene rings is 2. The first kappa shape index (κ1) is 18.9. The van der Waals surface area contributed by atoms with Gasteiger partial charge in [-0.05, 0) is 56.5 Å². The van der Waals surface area contributed by atoms with Crippen LogP contribution in [0.15, 0.2) is 34.8 Å². The molecule has 1 N–H and O–H groups in total. The second-order valence-corrected chi connectivity index (χ2v) is 6.79. The molecule has 0 aliphatic carbocycles. The Morgan fingerprint density at radius 2 is 1.76 bits per heavy atom. The summed E-state index contributed by atoms with van der Waals surface area (Å²) in [6.07, 6.45) is -0.753. The van der Waals surface area contributed by atoms with Gasteiger partial charge in [-0.15, -0.1) is 0 Å². The van der Waals surface area contributed by atoms with E-state index in [1.807, 2.05) is 26.0 Å². The lowest BCUT2D eigenvalue weighted by Crippen LogP contribution is -2.30. The first-order chi connectivity index (χ1) is 11.7. The number of carbonyl (C=O) groups is 1. The predicted octanol–water partition coefficient (Wildman–Crippen LogP) is 4.69. The van der Waals surface area contributed by atoms with Crippen molar-refractivity contribution in [3.8, 4) is 5.75 Å².